The van der Waals surface area contributed by atoms with Crippen LogP contribution in [-0.2, 0) is 6.42 Å². The van der Waals surface area contributed by atoms with Gasteiger partial charge in [-0.3, -0.25) is 4.79 Å². The SMILES string of the molecule is C.CC1Cc2cc(NC(=O)c3cnn4cccnc34)c(N3CCC(F)(F)C3)cc2O1. The molecular formula is C21H23F2N5O2. The molecular weight excluding hydrogens is 392 g/mol. The number of amides is 1. The Morgan fingerprint density at radius 1 is 1.37 bits per heavy atom. The Morgan fingerprint density at radius 2 is 2.20 bits per heavy atom. The van der Waals surface area contributed by atoms with Gasteiger partial charge in [-0.25, -0.2) is 18.3 Å². The predicted molar refractivity (Wildman–Crippen MR) is 110 cm³/mol. The van der Waals surface area contributed by atoms with E-state index in [1.165, 1.54) is 10.7 Å². The maximum absolute atomic E-state index is 13.8. The van der Waals surface area contributed by atoms with Crippen molar-refractivity contribution in [3.05, 3.63) is 47.9 Å². The molecule has 1 saturated heterocycles. The van der Waals surface area contributed by atoms with Crippen molar-refractivity contribution in [3.63, 3.8) is 0 Å². The lowest BCUT2D eigenvalue weighted by Gasteiger charge is -2.23. The van der Waals surface area contributed by atoms with Crippen LogP contribution in [0.25, 0.3) is 5.65 Å². The minimum absolute atomic E-state index is 0. The van der Waals surface area contributed by atoms with Gasteiger partial charge in [0.15, 0.2) is 5.65 Å². The lowest BCUT2D eigenvalue weighted by molar-refractivity contribution is 0.0257. The van der Waals surface area contributed by atoms with Crippen LogP contribution in [0.4, 0.5) is 20.2 Å². The number of nitrogens with one attached hydrogen (secondary N) is 1. The summed E-state index contributed by atoms with van der Waals surface area (Å²) >= 11 is 0. The molecule has 5 rings (SSSR count). The number of carbonyl (C=O) groups is 1. The third kappa shape index (κ3) is 3.44. The van der Waals surface area contributed by atoms with Crippen molar-refractivity contribution in [2.45, 2.75) is 39.2 Å². The second kappa shape index (κ2) is 7.23. The highest BCUT2D eigenvalue weighted by atomic mass is 19.3. The van der Waals surface area contributed by atoms with Gasteiger partial charge in [-0.05, 0) is 19.1 Å². The predicted octanol–water partition coefficient (Wildman–Crippen LogP) is 3.79. The van der Waals surface area contributed by atoms with Crippen LogP contribution in [0, 0.1) is 0 Å². The molecule has 0 aliphatic carbocycles. The van der Waals surface area contributed by atoms with E-state index < -0.39 is 11.8 Å². The number of ether oxygens (including phenoxy) is 1. The first kappa shape index (κ1) is 20.1. The van der Waals surface area contributed by atoms with Crippen molar-refractivity contribution in [2.75, 3.05) is 23.3 Å². The molecule has 2 aliphatic heterocycles. The summed E-state index contributed by atoms with van der Waals surface area (Å²) in [7, 11) is 0. The highest BCUT2D eigenvalue weighted by Crippen LogP contribution is 2.41. The summed E-state index contributed by atoms with van der Waals surface area (Å²) in [6.07, 6.45) is 5.22. The van der Waals surface area contributed by atoms with Gasteiger partial charge in [0.2, 0.25) is 0 Å². The summed E-state index contributed by atoms with van der Waals surface area (Å²) in [4.78, 5) is 18.7. The first-order valence-corrected chi connectivity index (χ1v) is 9.46. The fourth-order valence-corrected chi connectivity index (χ4v) is 3.93. The van der Waals surface area contributed by atoms with Crippen LogP contribution >= 0.6 is 0 Å². The first-order chi connectivity index (χ1) is 13.9. The summed E-state index contributed by atoms with van der Waals surface area (Å²) in [5.74, 6) is -2.46. The molecule has 2 aliphatic rings. The molecule has 4 heterocycles. The van der Waals surface area contributed by atoms with Crippen molar-refractivity contribution >= 4 is 22.9 Å². The quantitative estimate of drug-likeness (QED) is 0.705. The summed E-state index contributed by atoms with van der Waals surface area (Å²) in [6.45, 7) is 1.78. The normalized spacial score (nSPS) is 19.3. The van der Waals surface area contributed by atoms with Crippen LogP contribution in [0.3, 0.4) is 0 Å². The molecule has 7 nitrogen and oxygen atoms in total. The maximum Gasteiger partial charge on any atom is 0.266 e. The largest absolute Gasteiger partial charge is 0.490 e. The highest BCUT2D eigenvalue weighted by Gasteiger charge is 2.39. The lowest BCUT2D eigenvalue weighted by atomic mass is 10.1. The van der Waals surface area contributed by atoms with Crippen LogP contribution in [0.5, 0.6) is 5.75 Å². The highest BCUT2D eigenvalue weighted by molar-refractivity contribution is 6.09. The molecule has 0 radical (unpaired) electrons. The molecule has 158 valence electrons. The summed E-state index contributed by atoms with van der Waals surface area (Å²) in [5.41, 5.74) is 2.71. The minimum Gasteiger partial charge on any atom is -0.490 e. The summed E-state index contributed by atoms with van der Waals surface area (Å²) in [5, 5.41) is 7.01. The molecule has 9 heteroatoms. The number of carbonyl (C=O) groups excluding carboxylic acids is 1. The summed E-state index contributed by atoms with van der Waals surface area (Å²) in [6, 6.07) is 5.29. The second-order valence-corrected chi connectivity index (χ2v) is 7.54. The molecule has 1 atom stereocenters. The fraction of sp³-hybridized carbons (Fsp3) is 0.381. The molecule has 1 amide bonds. The van der Waals surface area contributed by atoms with Gasteiger partial charge in [0.25, 0.3) is 11.8 Å². The molecule has 1 N–H and O–H groups in total. The van der Waals surface area contributed by atoms with Crippen LogP contribution in [-0.4, -0.2) is 45.6 Å². The Hall–Kier alpha value is -3.23. The molecule has 30 heavy (non-hydrogen) atoms. The van der Waals surface area contributed by atoms with Gasteiger partial charge in [-0.1, -0.05) is 7.43 Å². The van der Waals surface area contributed by atoms with Crippen molar-refractivity contribution in [1.82, 2.24) is 14.6 Å². The number of benzene rings is 1. The first-order valence-electron chi connectivity index (χ1n) is 9.46. The van der Waals surface area contributed by atoms with E-state index in [0.717, 1.165) is 5.56 Å². The van der Waals surface area contributed by atoms with E-state index in [2.05, 4.69) is 15.4 Å². The molecule has 2 aromatic heterocycles. The second-order valence-electron chi connectivity index (χ2n) is 7.54. The Balaban J connectivity index is 0.00000218. The molecule has 1 fully saturated rings. The number of hydrogen-bond donors (Lipinski definition) is 1. The van der Waals surface area contributed by atoms with Gasteiger partial charge in [0.05, 0.1) is 24.1 Å². The Kier molecular flexibility index (Phi) is 4.83. The maximum atomic E-state index is 13.8. The minimum atomic E-state index is -2.75. The van der Waals surface area contributed by atoms with Crippen LogP contribution in [0.1, 0.15) is 36.7 Å². The van der Waals surface area contributed by atoms with E-state index in [1.807, 2.05) is 13.0 Å². The van der Waals surface area contributed by atoms with E-state index in [4.69, 9.17) is 4.74 Å². The number of nitrogens with zero attached hydrogens (tertiary/aromatic N) is 4. The van der Waals surface area contributed by atoms with E-state index in [-0.39, 0.29) is 33.0 Å². The van der Waals surface area contributed by atoms with Gasteiger partial charge < -0.3 is 15.0 Å². The lowest BCUT2D eigenvalue weighted by Crippen LogP contribution is -2.26. The standard InChI is InChI=1S/C20H19F2N5O2.CH4/c1-12-7-13-8-15(16(9-17(13)29-12)26-6-3-20(21,22)11-26)25-19(28)14-10-24-27-5-2-4-23-18(14)27;/h2,4-5,8-10,12H,3,6-7,11H2,1H3,(H,25,28);1H4. The molecule has 1 unspecified atom stereocenters. The van der Waals surface area contributed by atoms with Gasteiger partial charge in [-0.2, -0.15) is 5.10 Å². The van der Waals surface area contributed by atoms with E-state index in [0.29, 0.717) is 34.8 Å². The van der Waals surface area contributed by atoms with Crippen molar-refractivity contribution in [1.29, 1.82) is 0 Å². The van der Waals surface area contributed by atoms with Crippen LogP contribution in [0.15, 0.2) is 36.8 Å². The van der Waals surface area contributed by atoms with E-state index in [1.54, 1.807) is 29.4 Å². The van der Waals surface area contributed by atoms with Crippen LogP contribution < -0.4 is 15.0 Å². The van der Waals surface area contributed by atoms with Crippen LogP contribution in [0.2, 0.25) is 0 Å². The Labute approximate surface area is 172 Å². The number of fused-ring (bicyclic) bond motifs is 2. The van der Waals surface area contributed by atoms with E-state index in [9.17, 15) is 13.6 Å². The average Bonchev–Trinajstić information content (AvgIpc) is 3.36. The van der Waals surface area contributed by atoms with Gasteiger partial charge >= 0.3 is 0 Å². The molecule has 1 aromatic carbocycles. The van der Waals surface area contributed by atoms with Crippen molar-refractivity contribution in [2.24, 2.45) is 0 Å². The Morgan fingerprint density at radius 3 is 2.97 bits per heavy atom. The number of aromatic nitrogens is 3. The zero-order valence-corrected chi connectivity index (χ0v) is 15.7. The molecule has 0 spiro atoms. The number of hydrogen-bond acceptors (Lipinski definition) is 5. The molecule has 0 saturated carbocycles. The third-order valence-electron chi connectivity index (χ3n) is 5.30. The van der Waals surface area contributed by atoms with Crippen molar-refractivity contribution in [3.8, 4) is 5.75 Å². The van der Waals surface area contributed by atoms with Gasteiger partial charge in [0, 0.05) is 43.4 Å². The summed E-state index contributed by atoms with van der Waals surface area (Å²) < 4.78 is 35.0. The van der Waals surface area contributed by atoms with E-state index >= 15 is 0 Å². The van der Waals surface area contributed by atoms with Gasteiger partial charge in [-0.15, -0.1) is 0 Å². The Bertz CT molecular complexity index is 1110. The van der Waals surface area contributed by atoms with Crippen molar-refractivity contribution < 1.29 is 18.3 Å². The number of anilines is 2. The molecule has 3 aromatic rings. The number of alkyl halides is 2. The number of rotatable bonds is 3. The fourth-order valence-electron chi connectivity index (χ4n) is 3.93. The monoisotopic (exact) mass is 415 g/mol. The zero-order valence-electron chi connectivity index (χ0n) is 15.7. The average molecular weight is 415 g/mol. The third-order valence-corrected chi connectivity index (χ3v) is 5.30. The topological polar surface area (TPSA) is 71.8 Å². The number of halogens is 2. The zero-order chi connectivity index (χ0) is 20.2. The molecule has 0 bridgehead atoms. The smallest absolute Gasteiger partial charge is 0.266 e. The van der Waals surface area contributed by atoms with Gasteiger partial charge in [0.1, 0.15) is 17.4 Å².